The number of ether oxygens (including phenoxy) is 1. The molecule has 4 nitrogen and oxygen atoms in total. The number of hydrogen-bond donors (Lipinski definition) is 1. The van der Waals surface area contributed by atoms with Crippen LogP contribution >= 0.6 is 11.8 Å². The number of nitrogens with zero attached hydrogens (tertiary/aromatic N) is 1. The van der Waals surface area contributed by atoms with Crippen LogP contribution in [0.1, 0.15) is 12.8 Å². The van der Waals surface area contributed by atoms with Gasteiger partial charge in [0.2, 0.25) is 5.91 Å². The number of aliphatic hydroxyl groups excluding tert-OH is 1. The largest absolute Gasteiger partial charge is 0.497 e. The molecule has 1 saturated heterocycles. The molecule has 5 heteroatoms. The maximum Gasteiger partial charge on any atom is 0.233 e. The predicted molar refractivity (Wildman–Crippen MR) is 75.5 cm³/mol. The van der Waals surface area contributed by atoms with Gasteiger partial charge in [0.15, 0.2) is 0 Å². The molecule has 0 aliphatic carbocycles. The molecule has 0 bridgehead atoms. The highest BCUT2D eigenvalue weighted by Crippen LogP contribution is 2.22. The van der Waals surface area contributed by atoms with Crippen LogP contribution in [-0.4, -0.2) is 48.0 Å². The van der Waals surface area contributed by atoms with E-state index in [0.717, 1.165) is 30.0 Å². The van der Waals surface area contributed by atoms with Crippen LogP contribution < -0.4 is 4.74 Å². The molecule has 1 atom stereocenters. The van der Waals surface area contributed by atoms with E-state index in [9.17, 15) is 9.90 Å². The Bertz CT molecular complexity index is 421. The second-order valence-electron chi connectivity index (χ2n) is 4.60. The van der Waals surface area contributed by atoms with Crippen molar-refractivity contribution in [3.63, 3.8) is 0 Å². The second kappa shape index (κ2) is 6.82. The number of piperidine rings is 1. The maximum atomic E-state index is 12.0. The molecular weight excluding hydrogens is 262 g/mol. The van der Waals surface area contributed by atoms with Crippen LogP contribution in [0, 0.1) is 0 Å². The Labute approximate surface area is 117 Å². The summed E-state index contributed by atoms with van der Waals surface area (Å²) in [4.78, 5) is 14.8. The lowest BCUT2D eigenvalue weighted by Gasteiger charge is -2.30. The topological polar surface area (TPSA) is 49.8 Å². The summed E-state index contributed by atoms with van der Waals surface area (Å²) < 4.78 is 5.09. The molecule has 0 spiro atoms. The Balaban J connectivity index is 1.82. The zero-order valence-corrected chi connectivity index (χ0v) is 11.9. The molecule has 1 fully saturated rings. The summed E-state index contributed by atoms with van der Waals surface area (Å²) in [6.07, 6.45) is 1.33. The number of rotatable bonds is 4. The van der Waals surface area contributed by atoms with Gasteiger partial charge in [-0.3, -0.25) is 4.79 Å². The zero-order valence-electron chi connectivity index (χ0n) is 11.0. The zero-order chi connectivity index (χ0) is 13.7. The summed E-state index contributed by atoms with van der Waals surface area (Å²) in [5.74, 6) is 1.33. The van der Waals surface area contributed by atoms with Crippen molar-refractivity contribution in [1.29, 1.82) is 0 Å². The van der Waals surface area contributed by atoms with Crippen LogP contribution in [0.3, 0.4) is 0 Å². The third kappa shape index (κ3) is 4.14. The molecule has 104 valence electrons. The van der Waals surface area contributed by atoms with Crippen LogP contribution in [0.5, 0.6) is 5.75 Å². The number of benzene rings is 1. The van der Waals surface area contributed by atoms with Crippen LogP contribution in [0.2, 0.25) is 0 Å². The third-order valence-electron chi connectivity index (χ3n) is 3.17. The molecule has 1 heterocycles. The quantitative estimate of drug-likeness (QED) is 0.855. The fourth-order valence-corrected chi connectivity index (χ4v) is 2.89. The van der Waals surface area contributed by atoms with Gasteiger partial charge in [-0.05, 0) is 37.1 Å². The van der Waals surface area contributed by atoms with Crippen molar-refractivity contribution in [2.75, 3.05) is 26.0 Å². The van der Waals surface area contributed by atoms with E-state index in [-0.39, 0.29) is 12.0 Å². The first-order valence-corrected chi connectivity index (χ1v) is 7.40. The number of hydrogen-bond acceptors (Lipinski definition) is 4. The highest BCUT2D eigenvalue weighted by atomic mass is 32.2. The van der Waals surface area contributed by atoms with E-state index in [2.05, 4.69) is 0 Å². The van der Waals surface area contributed by atoms with Gasteiger partial charge in [0.25, 0.3) is 0 Å². The minimum absolute atomic E-state index is 0.0968. The van der Waals surface area contributed by atoms with Gasteiger partial charge in [-0.25, -0.2) is 0 Å². The standard InChI is InChI=1S/C14H19NO3S/c1-18-12-4-6-13(7-5-12)19-10-14(17)15-8-2-3-11(16)9-15/h4-7,11,16H,2-3,8-10H2,1H3. The smallest absolute Gasteiger partial charge is 0.233 e. The Morgan fingerprint density at radius 1 is 1.47 bits per heavy atom. The van der Waals surface area contributed by atoms with E-state index in [1.54, 1.807) is 12.0 Å². The molecule has 1 amide bonds. The number of amides is 1. The number of aliphatic hydroxyl groups is 1. The monoisotopic (exact) mass is 281 g/mol. The SMILES string of the molecule is COc1ccc(SCC(=O)N2CCCC(O)C2)cc1. The average molecular weight is 281 g/mol. The predicted octanol–water partition coefficient (Wildman–Crippen LogP) is 1.77. The van der Waals surface area contributed by atoms with Gasteiger partial charge < -0.3 is 14.7 Å². The van der Waals surface area contributed by atoms with E-state index >= 15 is 0 Å². The van der Waals surface area contributed by atoms with Gasteiger partial charge in [-0.15, -0.1) is 11.8 Å². The van der Waals surface area contributed by atoms with Gasteiger partial charge in [0.1, 0.15) is 5.75 Å². The molecule has 1 aromatic rings. The first kappa shape index (κ1) is 14.2. The van der Waals surface area contributed by atoms with Gasteiger partial charge in [-0.1, -0.05) is 0 Å². The molecular formula is C14H19NO3S. The average Bonchev–Trinajstić information content (AvgIpc) is 2.45. The highest BCUT2D eigenvalue weighted by molar-refractivity contribution is 8.00. The van der Waals surface area contributed by atoms with Crippen molar-refractivity contribution in [2.45, 2.75) is 23.8 Å². The summed E-state index contributed by atoms with van der Waals surface area (Å²) in [6, 6.07) is 7.67. The minimum Gasteiger partial charge on any atom is -0.497 e. The number of methoxy groups -OCH3 is 1. The third-order valence-corrected chi connectivity index (χ3v) is 4.17. The number of β-amino-alcohol motifs (C(OH)–C–C–N with tert-alkyl or cyclic N) is 1. The highest BCUT2D eigenvalue weighted by Gasteiger charge is 2.21. The molecule has 1 N–H and O–H groups in total. The first-order chi connectivity index (χ1) is 9.19. The van der Waals surface area contributed by atoms with Gasteiger partial charge >= 0.3 is 0 Å². The summed E-state index contributed by atoms with van der Waals surface area (Å²) >= 11 is 1.51. The summed E-state index contributed by atoms with van der Waals surface area (Å²) in [5.41, 5.74) is 0. The Morgan fingerprint density at radius 2 is 2.21 bits per heavy atom. The number of carbonyl (C=O) groups excluding carboxylic acids is 1. The van der Waals surface area contributed by atoms with E-state index in [1.807, 2.05) is 24.3 Å². The molecule has 1 unspecified atom stereocenters. The van der Waals surface area contributed by atoms with Crippen molar-refractivity contribution < 1.29 is 14.6 Å². The van der Waals surface area contributed by atoms with E-state index in [0.29, 0.717) is 12.3 Å². The van der Waals surface area contributed by atoms with Gasteiger partial charge in [0.05, 0.1) is 19.0 Å². The normalized spacial score (nSPS) is 19.3. The second-order valence-corrected chi connectivity index (χ2v) is 5.65. The summed E-state index contributed by atoms with van der Waals surface area (Å²) in [5, 5.41) is 9.56. The molecule has 0 saturated carbocycles. The molecule has 19 heavy (non-hydrogen) atoms. The van der Waals surface area contributed by atoms with Crippen molar-refractivity contribution in [3.05, 3.63) is 24.3 Å². The van der Waals surface area contributed by atoms with Crippen molar-refractivity contribution in [3.8, 4) is 5.75 Å². The summed E-state index contributed by atoms with van der Waals surface area (Å²) in [7, 11) is 1.63. The molecule has 2 rings (SSSR count). The minimum atomic E-state index is -0.358. The Hall–Kier alpha value is -1.20. The fraction of sp³-hybridized carbons (Fsp3) is 0.500. The molecule has 1 aliphatic rings. The lowest BCUT2D eigenvalue weighted by atomic mass is 10.1. The molecule has 1 aliphatic heterocycles. The Morgan fingerprint density at radius 3 is 2.84 bits per heavy atom. The van der Waals surface area contributed by atoms with E-state index < -0.39 is 0 Å². The van der Waals surface area contributed by atoms with Crippen LogP contribution in [0.15, 0.2) is 29.2 Å². The van der Waals surface area contributed by atoms with E-state index in [1.165, 1.54) is 11.8 Å². The van der Waals surface area contributed by atoms with Crippen molar-refractivity contribution in [2.24, 2.45) is 0 Å². The van der Waals surface area contributed by atoms with Crippen molar-refractivity contribution >= 4 is 17.7 Å². The van der Waals surface area contributed by atoms with Crippen LogP contribution in [0.4, 0.5) is 0 Å². The van der Waals surface area contributed by atoms with Crippen LogP contribution in [0.25, 0.3) is 0 Å². The molecule has 0 radical (unpaired) electrons. The number of carbonyl (C=O) groups is 1. The van der Waals surface area contributed by atoms with Crippen molar-refractivity contribution in [1.82, 2.24) is 4.90 Å². The number of thioether (sulfide) groups is 1. The van der Waals surface area contributed by atoms with E-state index in [4.69, 9.17) is 4.74 Å². The molecule has 0 aromatic heterocycles. The lowest BCUT2D eigenvalue weighted by Crippen LogP contribution is -2.42. The van der Waals surface area contributed by atoms with Crippen LogP contribution in [-0.2, 0) is 4.79 Å². The maximum absolute atomic E-state index is 12.0. The first-order valence-electron chi connectivity index (χ1n) is 6.41. The fourth-order valence-electron chi connectivity index (χ4n) is 2.09. The molecule has 1 aromatic carbocycles. The van der Waals surface area contributed by atoms with Gasteiger partial charge in [0, 0.05) is 18.0 Å². The van der Waals surface area contributed by atoms with Gasteiger partial charge in [-0.2, -0.15) is 0 Å². The Kier molecular flexibility index (Phi) is 5.10. The lowest BCUT2D eigenvalue weighted by molar-refractivity contribution is -0.131. The summed E-state index contributed by atoms with van der Waals surface area (Å²) in [6.45, 7) is 1.24. The number of likely N-dealkylation sites (tertiary alicyclic amines) is 1.